The predicted molar refractivity (Wildman–Crippen MR) is 117 cm³/mol. The average molecular weight is 383 g/mol. The van der Waals surface area contributed by atoms with Crippen molar-refractivity contribution in [1.29, 1.82) is 0 Å². The molecule has 0 N–H and O–H groups in total. The summed E-state index contributed by atoms with van der Waals surface area (Å²) in [5.74, 6) is 8.31. The quantitative estimate of drug-likeness (QED) is 0.309. The van der Waals surface area contributed by atoms with Crippen molar-refractivity contribution < 1.29 is 0 Å². The molecule has 0 saturated heterocycles. The molecule has 0 fully saturated rings. The summed E-state index contributed by atoms with van der Waals surface area (Å²) in [6.07, 6.45) is 0. The number of hydrogen-bond donors (Lipinski definition) is 0. The maximum atomic E-state index is 2.34. The molecule has 0 saturated carbocycles. The van der Waals surface area contributed by atoms with Gasteiger partial charge in [-0.1, -0.05) is 55.4 Å². The van der Waals surface area contributed by atoms with E-state index < -0.39 is 0 Å². The van der Waals surface area contributed by atoms with Gasteiger partial charge >= 0.3 is 0 Å². The Labute approximate surface area is 157 Å². The second-order valence-corrected chi connectivity index (χ2v) is 12.9. The van der Waals surface area contributed by atoms with Crippen molar-refractivity contribution in [3.05, 3.63) is 0 Å². The van der Waals surface area contributed by atoms with Gasteiger partial charge in [-0.05, 0) is 46.7 Å². The van der Waals surface area contributed by atoms with Gasteiger partial charge in [-0.25, -0.2) is 0 Å². The highest BCUT2D eigenvalue weighted by Gasteiger charge is 2.24. The van der Waals surface area contributed by atoms with E-state index in [9.17, 15) is 0 Å². The summed E-state index contributed by atoms with van der Waals surface area (Å²) in [6.45, 7) is 18.7. The molecule has 0 radical (unpaired) electrons. The van der Waals surface area contributed by atoms with Gasteiger partial charge in [0.1, 0.15) is 0 Å². The first-order chi connectivity index (χ1) is 10.2. The van der Waals surface area contributed by atoms with Gasteiger partial charge in [-0.3, -0.25) is 0 Å². The summed E-state index contributed by atoms with van der Waals surface area (Å²) < 4.78 is 1.47. The zero-order valence-electron chi connectivity index (χ0n) is 15.9. The number of hydrogen-bond acceptors (Lipinski definition) is 4. The molecule has 0 aromatic carbocycles. The zero-order valence-corrected chi connectivity index (χ0v) is 19.2. The fraction of sp³-hybridized carbons (Fsp3) is 1.00. The standard InChI is InChI=1S/C18H38S4/c1-13(2)9-19-17(20-10-14(3)4)18(21-11-15(5)6)22-12-16(7)8/h13-18H,9-12H2,1-8H3. The summed E-state index contributed by atoms with van der Waals surface area (Å²) in [6, 6.07) is 0. The van der Waals surface area contributed by atoms with Crippen molar-refractivity contribution in [3.63, 3.8) is 0 Å². The van der Waals surface area contributed by atoms with E-state index in [2.05, 4.69) is 102 Å². The highest BCUT2D eigenvalue weighted by Crippen LogP contribution is 2.42. The van der Waals surface area contributed by atoms with Crippen LogP contribution in [0.5, 0.6) is 0 Å². The topological polar surface area (TPSA) is 0 Å². The van der Waals surface area contributed by atoms with Crippen LogP contribution in [-0.2, 0) is 0 Å². The summed E-state index contributed by atoms with van der Waals surface area (Å²) in [4.78, 5) is 0. The summed E-state index contributed by atoms with van der Waals surface area (Å²) in [5.41, 5.74) is 0. The minimum Gasteiger partial charge on any atom is -0.145 e. The molecule has 4 heteroatoms. The summed E-state index contributed by atoms with van der Waals surface area (Å²) in [5, 5.41) is 0. The largest absolute Gasteiger partial charge is 0.145 e. The first-order valence-corrected chi connectivity index (χ1v) is 12.9. The Morgan fingerprint density at radius 3 is 0.727 bits per heavy atom. The van der Waals surface area contributed by atoms with Crippen molar-refractivity contribution in [2.45, 2.75) is 64.6 Å². The first kappa shape index (κ1) is 23.4. The fourth-order valence-electron chi connectivity index (χ4n) is 1.56. The van der Waals surface area contributed by atoms with Crippen LogP contribution in [0.1, 0.15) is 55.4 Å². The normalized spacial score (nSPS) is 12.8. The van der Waals surface area contributed by atoms with Crippen molar-refractivity contribution in [2.24, 2.45) is 23.7 Å². The van der Waals surface area contributed by atoms with Crippen molar-refractivity contribution >= 4 is 47.0 Å². The molecule has 0 aliphatic carbocycles. The molecule has 0 unspecified atom stereocenters. The van der Waals surface area contributed by atoms with Crippen molar-refractivity contribution in [1.82, 2.24) is 0 Å². The van der Waals surface area contributed by atoms with Crippen LogP contribution in [0.25, 0.3) is 0 Å². The molecule has 0 aromatic heterocycles. The average Bonchev–Trinajstić information content (AvgIpc) is 2.38. The van der Waals surface area contributed by atoms with Gasteiger partial charge in [-0.2, -0.15) is 0 Å². The van der Waals surface area contributed by atoms with Gasteiger partial charge in [0.25, 0.3) is 0 Å². The molecule has 134 valence electrons. The van der Waals surface area contributed by atoms with Crippen LogP contribution in [0, 0.1) is 23.7 Å². The second kappa shape index (κ2) is 13.7. The molecule has 0 nitrogen and oxygen atoms in total. The number of rotatable bonds is 13. The van der Waals surface area contributed by atoms with E-state index in [1.165, 1.54) is 23.0 Å². The second-order valence-electron chi connectivity index (χ2n) is 7.65. The van der Waals surface area contributed by atoms with Crippen LogP contribution >= 0.6 is 47.0 Å². The van der Waals surface area contributed by atoms with Gasteiger partial charge in [0.05, 0.1) is 9.16 Å². The molecular weight excluding hydrogens is 344 g/mol. The monoisotopic (exact) mass is 382 g/mol. The third kappa shape index (κ3) is 13.8. The lowest BCUT2D eigenvalue weighted by Gasteiger charge is -2.28. The number of thioether (sulfide) groups is 4. The first-order valence-electron chi connectivity index (χ1n) is 8.68. The Morgan fingerprint density at radius 1 is 0.409 bits per heavy atom. The van der Waals surface area contributed by atoms with Crippen LogP contribution in [0.15, 0.2) is 0 Å². The lowest BCUT2D eigenvalue weighted by Crippen LogP contribution is -2.19. The molecule has 0 aliphatic rings. The Hall–Kier alpha value is 1.40. The van der Waals surface area contributed by atoms with Crippen LogP contribution < -0.4 is 0 Å². The zero-order chi connectivity index (χ0) is 17.1. The lowest BCUT2D eigenvalue weighted by molar-refractivity contribution is 0.743. The molecule has 0 spiro atoms. The Bertz CT molecular complexity index is 201. The van der Waals surface area contributed by atoms with Crippen LogP contribution in [-0.4, -0.2) is 32.2 Å². The van der Waals surface area contributed by atoms with E-state index in [1.807, 2.05) is 0 Å². The van der Waals surface area contributed by atoms with E-state index in [-0.39, 0.29) is 0 Å². The van der Waals surface area contributed by atoms with Gasteiger partial charge in [0.2, 0.25) is 0 Å². The Balaban J connectivity index is 4.70. The molecule has 0 aromatic rings. The minimum absolute atomic E-state index is 0.734. The molecule has 0 aliphatic heterocycles. The molecule has 22 heavy (non-hydrogen) atoms. The molecular formula is C18H38S4. The molecule has 0 bridgehead atoms. The van der Waals surface area contributed by atoms with E-state index in [0.717, 1.165) is 32.8 Å². The molecule has 0 rings (SSSR count). The van der Waals surface area contributed by atoms with Crippen molar-refractivity contribution in [2.75, 3.05) is 23.0 Å². The molecule has 0 atom stereocenters. The summed E-state index contributed by atoms with van der Waals surface area (Å²) in [7, 11) is 0. The maximum absolute atomic E-state index is 2.34. The Kier molecular flexibility index (Phi) is 14.5. The van der Waals surface area contributed by atoms with Crippen LogP contribution in [0.2, 0.25) is 0 Å². The highest BCUT2D eigenvalue weighted by molar-refractivity contribution is 8.23. The van der Waals surface area contributed by atoms with E-state index in [4.69, 9.17) is 0 Å². The van der Waals surface area contributed by atoms with Gasteiger partial charge < -0.3 is 0 Å². The van der Waals surface area contributed by atoms with E-state index >= 15 is 0 Å². The third-order valence-electron chi connectivity index (χ3n) is 2.60. The van der Waals surface area contributed by atoms with Gasteiger partial charge in [0.15, 0.2) is 0 Å². The maximum Gasteiger partial charge on any atom is 0.0712 e. The van der Waals surface area contributed by atoms with Gasteiger partial charge in [-0.15, -0.1) is 47.0 Å². The Morgan fingerprint density at radius 2 is 0.591 bits per heavy atom. The smallest absolute Gasteiger partial charge is 0.0712 e. The van der Waals surface area contributed by atoms with Crippen molar-refractivity contribution in [3.8, 4) is 0 Å². The van der Waals surface area contributed by atoms with Crippen LogP contribution in [0.3, 0.4) is 0 Å². The predicted octanol–water partition coefficient (Wildman–Crippen LogP) is 7.20. The van der Waals surface area contributed by atoms with E-state index in [0.29, 0.717) is 0 Å². The lowest BCUT2D eigenvalue weighted by atomic mass is 10.3. The molecule has 0 amide bonds. The van der Waals surface area contributed by atoms with Gasteiger partial charge in [0, 0.05) is 0 Å². The van der Waals surface area contributed by atoms with Crippen LogP contribution in [0.4, 0.5) is 0 Å². The minimum atomic E-state index is 0.734. The highest BCUT2D eigenvalue weighted by atomic mass is 32.2. The fourth-order valence-corrected chi connectivity index (χ4v) is 8.08. The third-order valence-corrected chi connectivity index (χ3v) is 10.8. The SMILES string of the molecule is CC(C)CSC(SCC(C)C)C(SCC(C)C)SCC(C)C. The summed E-state index contributed by atoms with van der Waals surface area (Å²) >= 11 is 8.82. The van der Waals surface area contributed by atoms with E-state index in [1.54, 1.807) is 0 Å². The molecule has 0 heterocycles.